The minimum absolute atomic E-state index is 0.306. The summed E-state index contributed by atoms with van der Waals surface area (Å²) in [4.78, 5) is 0. The molecule has 1 saturated heterocycles. The smallest absolute Gasteiger partial charge is 0.186 e. The molecule has 8 heteroatoms. The Morgan fingerprint density at radius 1 is 1.06 bits per heavy atom. The van der Waals surface area contributed by atoms with E-state index < -0.39 is 50.0 Å². The second-order valence-electron chi connectivity index (χ2n) is 3.87. The standard InChI is InChI=1S/C9H18O8/c10-1-4(12)3-16-9-8(15)7(14)6(13)5(2-11)17-9/h4-15H,1-3H2/t4-,5-,6+,7+,8-,9+/m0/s1. The van der Waals surface area contributed by atoms with Crippen LogP contribution in [-0.2, 0) is 9.47 Å². The normalized spacial score (nSPS) is 40.2. The van der Waals surface area contributed by atoms with E-state index in [-0.39, 0.29) is 6.61 Å². The van der Waals surface area contributed by atoms with Crippen LogP contribution in [0.2, 0.25) is 0 Å². The van der Waals surface area contributed by atoms with Gasteiger partial charge in [-0.3, -0.25) is 0 Å². The Kier molecular flexibility index (Phi) is 5.70. The lowest BCUT2D eigenvalue weighted by Crippen LogP contribution is -2.59. The predicted molar refractivity (Wildman–Crippen MR) is 52.8 cm³/mol. The molecule has 0 amide bonds. The molecule has 6 atom stereocenters. The molecule has 6 N–H and O–H groups in total. The molecule has 0 aromatic carbocycles. The van der Waals surface area contributed by atoms with Gasteiger partial charge in [-0.25, -0.2) is 0 Å². The van der Waals surface area contributed by atoms with Crippen molar-refractivity contribution in [1.29, 1.82) is 0 Å². The number of ether oxygens (including phenoxy) is 2. The van der Waals surface area contributed by atoms with E-state index in [1.807, 2.05) is 0 Å². The Balaban J connectivity index is 2.53. The molecule has 1 aliphatic heterocycles. The average Bonchev–Trinajstić information content (AvgIpc) is 2.34. The van der Waals surface area contributed by atoms with E-state index in [0.717, 1.165) is 0 Å². The molecular weight excluding hydrogens is 236 g/mol. The first-order valence-electron chi connectivity index (χ1n) is 5.22. The summed E-state index contributed by atoms with van der Waals surface area (Å²) >= 11 is 0. The maximum absolute atomic E-state index is 9.52. The summed E-state index contributed by atoms with van der Waals surface area (Å²) < 4.78 is 9.93. The molecule has 0 radical (unpaired) electrons. The Morgan fingerprint density at radius 3 is 2.24 bits per heavy atom. The van der Waals surface area contributed by atoms with Crippen molar-refractivity contribution in [2.75, 3.05) is 19.8 Å². The molecule has 0 aromatic heterocycles. The number of aliphatic hydroxyl groups excluding tert-OH is 6. The van der Waals surface area contributed by atoms with E-state index in [1.54, 1.807) is 0 Å². The van der Waals surface area contributed by atoms with Crippen molar-refractivity contribution < 1.29 is 40.1 Å². The van der Waals surface area contributed by atoms with E-state index in [9.17, 15) is 15.3 Å². The van der Waals surface area contributed by atoms with Gasteiger partial charge < -0.3 is 40.1 Å². The fourth-order valence-electron chi connectivity index (χ4n) is 1.46. The van der Waals surface area contributed by atoms with Crippen molar-refractivity contribution in [2.45, 2.75) is 36.8 Å². The van der Waals surface area contributed by atoms with Crippen molar-refractivity contribution in [3.05, 3.63) is 0 Å². The zero-order chi connectivity index (χ0) is 13.0. The highest BCUT2D eigenvalue weighted by Crippen LogP contribution is 2.21. The summed E-state index contributed by atoms with van der Waals surface area (Å²) in [5.74, 6) is 0. The second kappa shape index (κ2) is 6.57. The van der Waals surface area contributed by atoms with Crippen molar-refractivity contribution in [2.24, 2.45) is 0 Å². The minimum Gasteiger partial charge on any atom is -0.394 e. The quantitative estimate of drug-likeness (QED) is 0.293. The second-order valence-corrected chi connectivity index (χ2v) is 3.87. The van der Waals surface area contributed by atoms with Crippen LogP contribution in [0.25, 0.3) is 0 Å². The van der Waals surface area contributed by atoms with Gasteiger partial charge in [0.15, 0.2) is 6.29 Å². The summed E-state index contributed by atoms with van der Waals surface area (Å²) in [5, 5.41) is 54.9. The van der Waals surface area contributed by atoms with E-state index in [0.29, 0.717) is 0 Å². The van der Waals surface area contributed by atoms with Crippen molar-refractivity contribution in [3.63, 3.8) is 0 Å². The average molecular weight is 254 g/mol. The Labute approximate surface area is 97.6 Å². The molecule has 0 unspecified atom stereocenters. The van der Waals surface area contributed by atoms with Gasteiger partial charge in [-0.05, 0) is 0 Å². The third kappa shape index (κ3) is 3.57. The van der Waals surface area contributed by atoms with Gasteiger partial charge in [0.25, 0.3) is 0 Å². The third-order valence-electron chi connectivity index (χ3n) is 2.51. The summed E-state index contributed by atoms with van der Waals surface area (Å²) in [5.41, 5.74) is 0. The number of aliphatic hydroxyl groups is 6. The predicted octanol–water partition coefficient (Wildman–Crippen LogP) is -3.84. The first-order chi connectivity index (χ1) is 8.01. The minimum atomic E-state index is -1.52. The van der Waals surface area contributed by atoms with Crippen LogP contribution in [0.3, 0.4) is 0 Å². The van der Waals surface area contributed by atoms with Crippen LogP contribution in [-0.4, -0.2) is 87.3 Å². The topological polar surface area (TPSA) is 140 Å². The fourth-order valence-corrected chi connectivity index (χ4v) is 1.46. The summed E-state index contributed by atoms with van der Waals surface area (Å²) in [7, 11) is 0. The zero-order valence-electron chi connectivity index (χ0n) is 9.09. The lowest BCUT2D eigenvalue weighted by atomic mass is 9.99. The van der Waals surface area contributed by atoms with E-state index in [2.05, 4.69) is 0 Å². The van der Waals surface area contributed by atoms with Crippen LogP contribution < -0.4 is 0 Å². The lowest BCUT2D eigenvalue weighted by Gasteiger charge is -2.39. The van der Waals surface area contributed by atoms with Crippen LogP contribution in [0.15, 0.2) is 0 Å². The molecular formula is C9H18O8. The Hall–Kier alpha value is -0.320. The van der Waals surface area contributed by atoms with Crippen LogP contribution in [0.1, 0.15) is 0 Å². The summed E-state index contributed by atoms with van der Waals surface area (Å²) in [6.07, 6.45) is -7.94. The zero-order valence-corrected chi connectivity index (χ0v) is 9.09. The fraction of sp³-hybridized carbons (Fsp3) is 1.00. The number of hydrogen-bond acceptors (Lipinski definition) is 8. The lowest BCUT2D eigenvalue weighted by molar-refractivity contribution is -0.304. The van der Waals surface area contributed by atoms with Crippen LogP contribution in [0, 0.1) is 0 Å². The molecule has 17 heavy (non-hydrogen) atoms. The maximum atomic E-state index is 9.52. The molecule has 1 fully saturated rings. The van der Waals surface area contributed by atoms with Gasteiger partial charge >= 0.3 is 0 Å². The molecule has 1 aliphatic rings. The van der Waals surface area contributed by atoms with Crippen molar-refractivity contribution >= 4 is 0 Å². The number of hydrogen-bond donors (Lipinski definition) is 6. The van der Waals surface area contributed by atoms with Gasteiger partial charge in [0, 0.05) is 0 Å². The van der Waals surface area contributed by atoms with Crippen molar-refractivity contribution in [3.8, 4) is 0 Å². The summed E-state index contributed by atoms with van der Waals surface area (Å²) in [6.45, 7) is -1.37. The highest BCUT2D eigenvalue weighted by Gasteiger charge is 2.44. The van der Waals surface area contributed by atoms with E-state index in [1.165, 1.54) is 0 Å². The monoisotopic (exact) mass is 254 g/mol. The van der Waals surface area contributed by atoms with Gasteiger partial charge in [-0.15, -0.1) is 0 Å². The van der Waals surface area contributed by atoms with Crippen LogP contribution in [0.5, 0.6) is 0 Å². The van der Waals surface area contributed by atoms with Gasteiger partial charge in [0.2, 0.25) is 0 Å². The highest BCUT2D eigenvalue weighted by molar-refractivity contribution is 4.88. The van der Waals surface area contributed by atoms with E-state index in [4.69, 9.17) is 24.8 Å². The molecule has 102 valence electrons. The van der Waals surface area contributed by atoms with Crippen LogP contribution in [0.4, 0.5) is 0 Å². The van der Waals surface area contributed by atoms with Gasteiger partial charge in [0.1, 0.15) is 30.5 Å². The Bertz CT molecular complexity index is 223. The van der Waals surface area contributed by atoms with Crippen LogP contribution >= 0.6 is 0 Å². The highest BCUT2D eigenvalue weighted by atomic mass is 16.7. The molecule has 0 aliphatic carbocycles. The molecule has 1 heterocycles. The molecule has 8 nitrogen and oxygen atoms in total. The molecule has 0 aromatic rings. The Morgan fingerprint density at radius 2 is 1.71 bits per heavy atom. The SMILES string of the molecule is OC[C@H](O)CO[C@@H]1O[C@@H](CO)[C@@H](O)[C@@H](O)[C@@H]1O. The number of rotatable bonds is 5. The molecule has 0 bridgehead atoms. The van der Waals surface area contributed by atoms with Gasteiger partial charge in [-0.2, -0.15) is 0 Å². The molecule has 1 rings (SSSR count). The van der Waals surface area contributed by atoms with Gasteiger partial charge in [-0.1, -0.05) is 0 Å². The first-order valence-corrected chi connectivity index (χ1v) is 5.22. The van der Waals surface area contributed by atoms with E-state index >= 15 is 0 Å². The third-order valence-corrected chi connectivity index (χ3v) is 2.51. The first kappa shape index (κ1) is 14.7. The maximum Gasteiger partial charge on any atom is 0.186 e. The summed E-state index contributed by atoms with van der Waals surface area (Å²) in [6, 6.07) is 0. The molecule has 0 saturated carbocycles. The largest absolute Gasteiger partial charge is 0.394 e. The van der Waals surface area contributed by atoms with Gasteiger partial charge in [0.05, 0.1) is 19.8 Å². The molecule has 0 spiro atoms. The van der Waals surface area contributed by atoms with Crippen molar-refractivity contribution in [1.82, 2.24) is 0 Å².